The second-order valence-corrected chi connectivity index (χ2v) is 7.34. The van der Waals surface area contributed by atoms with Gasteiger partial charge < -0.3 is 15.4 Å². The van der Waals surface area contributed by atoms with Gasteiger partial charge in [-0.15, -0.1) is 11.8 Å². The van der Waals surface area contributed by atoms with Crippen molar-refractivity contribution < 1.29 is 14.3 Å². The number of hydrogen-bond donors (Lipinski definition) is 2. The molecule has 0 spiro atoms. The summed E-state index contributed by atoms with van der Waals surface area (Å²) in [6, 6.07) is 5.44. The normalized spacial score (nSPS) is 24.2. The van der Waals surface area contributed by atoms with E-state index in [0.717, 1.165) is 30.2 Å². The lowest BCUT2D eigenvalue weighted by atomic mass is 10.2. The summed E-state index contributed by atoms with van der Waals surface area (Å²) >= 11 is 1.49. The van der Waals surface area contributed by atoms with E-state index in [0.29, 0.717) is 17.9 Å². The average molecular weight is 349 g/mol. The third-order valence-corrected chi connectivity index (χ3v) is 5.16. The summed E-state index contributed by atoms with van der Waals surface area (Å²) in [5, 5.41) is 5.76. The summed E-state index contributed by atoms with van der Waals surface area (Å²) in [4.78, 5) is 27.1. The number of rotatable bonds is 4. The summed E-state index contributed by atoms with van der Waals surface area (Å²) in [7, 11) is 0. The standard InChI is InChI=1S/C17H23N3O3S/c1-11-8-20(9-12(2)23-11)6-5-18-17(22)13-3-4-15-14(7-13)19-16(21)10-24-15/h3-4,7,11-12H,5-6,8-10H2,1-2H3,(H,18,22)(H,19,21)/t11-,12+. The highest BCUT2D eigenvalue weighted by molar-refractivity contribution is 8.00. The first-order chi connectivity index (χ1) is 11.5. The van der Waals surface area contributed by atoms with Gasteiger partial charge in [-0.25, -0.2) is 0 Å². The Hall–Kier alpha value is -1.57. The first-order valence-corrected chi connectivity index (χ1v) is 9.22. The summed E-state index contributed by atoms with van der Waals surface area (Å²) in [6.45, 7) is 7.32. The van der Waals surface area contributed by atoms with Gasteiger partial charge in [0.05, 0.1) is 23.6 Å². The lowest BCUT2D eigenvalue weighted by molar-refractivity contribution is -0.113. The van der Waals surface area contributed by atoms with E-state index in [-0.39, 0.29) is 24.0 Å². The van der Waals surface area contributed by atoms with Crippen molar-refractivity contribution in [1.29, 1.82) is 0 Å². The van der Waals surface area contributed by atoms with E-state index in [1.807, 2.05) is 6.07 Å². The Bertz CT molecular complexity index is 628. The maximum atomic E-state index is 12.3. The van der Waals surface area contributed by atoms with Crippen LogP contribution in [0.4, 0.5) is 5.69 Å². The van der Waals surface area contributed by atoms with Crippen LogP contribution in [0.2, 0.25) is 0 Å². The number of thioether (sulfide) groups is 1. The van der Waals surface area contributed by atoms with Crippen LogP contribution in [-0.4, -0.2) is 60.9 Å². The lowest BCUT2D eigenvalue weighted by Crippen LogP contribution is -2.47. The molecule has 1 fully saturated rings. The number of morpholine rings is 1. The van der Waals surface area contributed by atoms with E-state index in [9.17, 15) is 9.59 Å². The largest absolute Gasteiger partial charge is 0.373 e. The number of amides is 2. The van der Waals surface area contributed by atoms with Gasteiger partial charge in [0.2, 0.25) is 5.91 Å². The van der Waals surface area contributed by atoms with E-state index in [2.05, 4.69) is 29.4 Å². The van der Waals surface area contributed by atoms with E-state index in [1.54, 1.807) is 12.1 Å². The van der Waals surface area contributed by atoms with Gasteiger partial charge in [-0.1, -0.05) is 0 Å². The van der Waals surface area contributed by atoms with Gasteiger partial charge in [-0.3, -0.25) is 14.5 Å². The zero-order valence-corrected chi connectivity index (χ0v) is 14.8. The van der Waals surface area contributed by atoms with E-state index >= 15 is 0 Å². The third kappa shape index (κ3) is 4.28. The minimum Gasteiger partial charge on any atom is -0.373 e. The molecule has 0 aliphatic carbocycles. The van der Waals surface area contributed by atoms with Crippen molar-refractivity contribution in [2.45, 2.75) is 31.0 Å². The SMILES string of the molecule is C[C@@H]1CN(CCNC(=O)c2ccc3c(c2)NC(=O)CS3)C[C@H](C)O1. The fourth-order valence-electron chi connectivity index (χ4n) is 3.12. The second kappa shape index (κ2) is 7.55. The second-order valence-electron chi connectivity index (χ2n) is 6.32. The van der Waals surface area contributed by atoms with Crippen molar-refractivity contribution in [2.24, 2.45) is 0 Å². The van der Waals surface area contributed by atoms with Gasteiger partial charge in [0.15, 0.2) is 0 Å². The van der Waals surface area contributed by atoms with Gasteiger partial charge in [0, 0.05) is 36.6 Å². The van der Waals surface area contributed by atoms with E-state index in [4.69, 9.17) is 4.74 Å². The van der Waals surface area contributed by atoms with Crippen molar-refractivity contribution in [3.8, 4) is 0 Å². The monoisotopic (exact) mass is 349 g/mol. The molecule has 7 heteroatoms. The molecule has 2 atom stereocenters. The Morgan fingerprint density at radius 1 is 1.38 bits per heavy atom. The molecule has 2 aliphatic rings. The molecule has 1 aromatic carbocycles. The molecule has 1 aromatic rings. The van der Waals surface area contributed by atoms with Crippen molar-refractivity contribution in [2.75, 3.05) is 37.2 Å². The molecule has 0 saturated carbocycles. The van der Waals surface area contributed by atoms with Crippen LogP contribution in [0.25, 0.3) is 0 Å². The van der Waals surface area contributed by atoms with Crippen LogP contribution in [0, 0.1) is 0 Å². The number of nitrogens with zero attached hydrogens (tertiary/aromatic N) is 1. The van der Waals surface area contributed by atoms with Gasteiger partial charge in [0.25, 0.3) is 5.91 Å². The lowest BCUT2D eigenvalue weighted by Gasteiger charge is -2.35. The van der Waals surface area contributed by atoms with Gasteiger partial charge in [-0.05, 0) is 32.0 Å². The quantitative estimate of drug-likeness (QED) is 0.863. The molecule has 6 nitrogen and oxygen atoms in total. The van der Waals surface area contributed by atoms with Crippen LogP contribution >= 0.6 is 11.8 Å². The number of hydrogen-bond acceptors (Lipinski definition) is 5. The maximum absolute atomic E-state index is 12.3. The number of anilines is 1. The average Bonchev–Trinajstić information content (AvgIpc) is 2.53. The third-order valence-electron chi connectivity index (χ3n) is 4.08. The van der Waals surface area contributed by atoms with Crippen LogP contribution in [0.1, 0.15) is 24.2 Å². The zero-order chi connectivity index (χ0) is 17.1. The Labute approximate surface area is 146 Å². The Morgan fingerprint density at radius 3 is 2.88 bits per heavy atom. The van der Waals surface area contributed by atoms with Gasteiger partial charge in [-0.2, -0.15) is 0 Å². The summed E-state index contributed by atoms with van der Waals surface area (Å²) in [6.07, 6.45) is 0.456. The number of nitrogens with one attached hydrogen (secondary N) is 2. The Morgan fingerprint density at radius 2 is 2.12 bits per heavy atom. The fourth-order valence-corrected chi connectivity index (χ4v) is 3.91. The molecule has 2 N–H and O–H groups in total. The molecule has 24 heavy (non-hydrogen) atoms. The predicted octanol–water partition coefficient (Wildman–Crippen LogP) is 1.57. The van der Waals surface area contributed by atoms with Crippen molar-refractivity contribution >= 4 is 29.3 Å². The van der Waals surface area contributed by atoms with Crippen LogP contribution in [0.3, 0.4) is 0 Å². The van der Waals surface area contributed by atoms with Crippen LogP contribution < -0.4 is 10.6 Å². The van der Waals surface area contributed by atoms with Crippen molar-refractivity contribution in [1.82, 2.24) is 10.2 Å². The first kappa shape index (κ1) is 17.3. The maximum Gasteiger partial charge on any atom is 0.251 e. The number of carbonyl (C=O) groups is 2. The Balaban J connectivity index is 1.52. The smallest absolute Gasteiger partial charge is 0.251 e. The van der Waals surface area contributed by atoms with E-state index < -0.39 is 0 Å². The van der Waals surface area contributed by atoms with E-state index in [1.165, 1.54) is 11.8 Å². The molecule has 0 radical (unpaired) electrons. The molecule has 1 saturated heterocycles. The topological polar surface area (TPSA) is 70.7 Å². The van der Waals surface area contributed by atoms with Gasteiger partial charge in [0.1, 0.15) is 0 Å². The molecule has 2 heterocycles. The van der Waals surface area contributed by atoms with Crippen molar-refractivity contribution in [3.05, 3.63) is 23.8 Å². The van der Waals surface area contributed by atoms with Crippen LogP contribution in [0.5, 0.6) is 0 Å². The number of ether oxygens (including phenoxy) is 1. The highest BCUT2D eigenvalue weighted by Gasteiger charge is 2.22. The van der Waals surface area contributed by atoms with Crippen molar-refractivity contribution in [3.63, 3.8) is 0 Å². The molecule has 0 unspecified atom stereocenters. The summed E-state index contributed by atoms with van der Waals surface area (Å²) < 4.78 is 5.71. The Kier molecular flexibility index (Phi) is 5.43. The molecule has 3 rings (SSSR count). The number of benzene rings is 1. The molecular weight excluding hydrogens is 326 g/mol. The molecule has 2 aliphatic heterocycles. The minimum atomic E-state index is -0.114. The molecular formula is C17H23N3O3S. The zero-order valence-electron chi connectivity index (χ0n) is 14.0. The summed E-state index contributed by atoms with van der Waals surface area (Å²) in [5.74, 6) is 0.284. The van der Waals surface area contributed by atoms with Gasteiger partial charge >= 0.3 is 0 Å². The highest BCUT2D eigenvalue weighted by atomic mass is 32.2. The minimum absolute atomic E-state index is 0.0272. The molecule has 0 aromatic heterocycles. The predicted molar refractivity (Wildman–Crippen MR) is 94.6 cm³/mol. The number of carbonyl (C=O) groups excluding carboxylic acids is 2. The first-order valence-electron chi connectivity index (χ1n) is 8.24. The number of fused-ring (bicyclic) bond motifs is 1. The highest BCUT2D eigenvalue weighted by Crippen LogP contribution is 2.31. The molecule has 0 bridgehead atoms. The van der Waals surface area contributed by atoms with Crippen LogP contribution in [0.15, 0.2) is 23.1 Å². The molecule has 130 valence electrons. The summed E-state index contributed by atoms with van der Waals surface area (Å²) in [5.41, 5.74) is 1.29. The van der Waals surface area contributed by atoms with Crippen LogP contribution in [-0.2, 0) is 9.53 Å². The molecule has 2 amide bonds. The fraction of sp³-hybridized carbons (Fsp3) is 0.529.